The van der Waals surface area contributed by atoms with Crippen LogP contribution in [-0.4, -0.2) is 38.0 Å². The Labute approximate surface area is 224 Å². The summed E-state index contributed by atoms with van der Waals surface area (Å²) in [5.41, 5.74) is 6.53. The van der Waals surface area contributed by atoms with Gasteiger partial charge in [-0.3, -0.25) is 9.97 Å². The summed E-state index contributed by atoms with van der Waals surface area (Å²) in [6.45, 7) is 8.94. The summed E-state index contributed by atoms with van der Waals surface area (Å²) in [7, 11) is 2.78. The summed E-state index contributed by atoms with van der Waals surface area (Å²) in [4.78, 5) is 9.62. The number of benzene rings is 1. The molecular weight excluding hydrogens is 495 g/mol. The van der Waals surface area contributed by atoms with Crippen LogP contribution in [0, 0.1) is 19.8 Å². The minimum absolute atomic E-state index is 0.0586. The van der Waals surface area contributed by atoms with Gasteiger partial charge in [-0.15, -0.1) is 9.24 Å². The highest BCUT2D eigenvalue weighted by atomic mass is 31.0. The predicted molar refractivity (Wildman–Crippen MR) is 153 cm³/mol. The lowest BCUT2D eigenvalue weighted by atomic mass is 9.86. The van der Waals surface area contributed by atoms with Gasteiger partial charge in [-0.05, 0) is 69.5 Å². The summed E-state index contributed by atoms with van der Waals surface area (Å²) in [6, 6.07) is 13.0. The largest absolute Gasteiger partial charge is 0.384 e. The van der Waals surface area contributed by atoms with E-state index in [1.807, 2.05) is 32.3 Å². The fourth-order valence-corrected chi connectivity index (χ4v) is 6.02. The molecule has 0 radical (unpaired) electrons. The van der Waals surface area contributed by atoms with Gasteiger partial charge in [0.15, 0.2) is 0 Å². The second-order valence-corrected chi connectivity index (χ2v) is 11.5. The highest BCUT2D eigenvalue weighted by Gasteiger charge is 2.31. The molecule has 2 unspecified atom stereocenters. The van der Waals surface area contributed by atoms with E-state index in [0.717, 1.165) is 75.9 Å². The normalized spacial score (nSPS) is 15.9. The Morgan fingerprint density at radius 2 is 1.76 bits per heavy atom. The molecule has 0 bridgehead atoms. The van der Waals surface area contributed by atoms with Crippen molar-refractivity contribution in [1.29, 1.82) is 0 Å². The molecule has 5 aromatic rings. The number of aryl methyl sites for hydroxylation is 2. The molecule has 0 spiro atoms. The number of hydrogen-bond acceptors (Lipinski definition) is 6. The second kappa shape index (κ2) is 9.57. The fourth-order valence-electron chi connectivity index (χ4n) is 5.82. The smallest absolute Gasteiger partial charge is 0.141 e. The molecule has 1 aliphatic rings. The van der Waals surface area contributed by atoms with Crippen LogP contribution in [-0.2, 0) is 10.3 Å². The Bertz CT molecular complexity index is 1610. The fraction of sp³-hybridized carbons (Fsp3) is 0.367. The third kappa shape index (κ3) is 4.33. The van der Waals surface area contributed by atoms with Crippen molar-refractivity contribution in [2.24, 2.45) is 5.92 Å². The molecule has 1 aromatic carbocycles. The van der Waals surface area contributed by atoms with Gasteiger partial charge in [0.1, 0.15) is 11.4 Å². The van der Waals surface area contributed by atoms with Crippen LogP contribution in [0.4, 0.5) is 0 Å². The molecule has 5 heterocycles. The lowest BCUT2D eigenvalue weighted by Crippen LogP contribution is -2.27. The van der Waals surface area contributed by atoms with Gasteiger partial charge in [-0.1, -0.05) is 29.4 Å². The van der Waals surface area contributed by atoms with Crippen molar-refractivity contribution in [2.45, 2.75) is 52.2 Å². The SMILES string of the molecule is Cc1noc(C)c1-c1cnc2c3cnc(C(C)(C)O)cc3n(C(c3ccc(P)cc3)C3CCOCC3)c2c1. The van der Waals surface area contributed by atoms with Crippen molar-refractivity contribution in [3.63, 3.8) is 0 Å². The molecule has 38 heavy (non-hydrogen) atoms. The van der Waals surface area contributed by atoms with Crippen molar-refractivity contribution >= 4 is 36.5 Å². The van der Waals surface area contributed by atoms with E-state index in [1.165, 1.54) is 5.56 Å². The summed E-state index contributed by atoms with van der Waals surface area (Å²) >= 11 is 0. The maximum atomic E-state index is 10.9. The van der Waals surface area contributed by atoms with Gasteiger partial charge >= 0.3 is 0 Å². The lowest BCUT2D eigenvalue weighted by Gasteiger charge is -2.33. The number of ether oxygens (including phenoxy) is 1. The van der Waals surface area contributed by atoms with Crippen LogP contribution < -0.4 is 5.30 Å². The van der Waals surface area contributed by atoms with Gasteiger partial charge in [-0.2, -0.15) is 0 Å². The molecule has 6 rings (SSSR count). The maximum absolute atomic E-state index is 10.9. The number of pyridine rings is 2. The molecule has 8 heteroatoms. The number of fused-ring (bicyclic) bond motifs is 3. The highest BCUT2D eigenvalue weighted by Crippen LogP contribution is 2.42. The Hall–Kier alpha value is -3.12. The zero-order valence-corrected chi connectivity index (χ0v) is 23.4. The van der Waals surface area contributed by atoms with Crippen LogP contribution in [0.5, 0.6) is 0 Å². The van der Waals surface area contributed by atoms with Crippen LogP contribution in [0.3, 0.4) is 0 Å². The van der Waals surface area contributed by atoms with E-state index in [0.29, 0.717) is 11.6 Å². The zero-order valence-electron chi connectivity index (χ0n) is 22.2. The minimum Gasteiger partial charge on any atom is -0.384 e. The highest BCUT2D eigenvalue weighted by molar-refractivity contribution is 7.27. The van der Waals surface area contributed by atoms with Gasteiger partial charge in [0.2, 0.25) is 0 Å². The predicted octanol–water partition coefficient (Wildman–Crippen LogP) is 5.60. The summed E-state index contributed by atoms with van der Waals surface area (Å²) in [5, 5.41) is 17.2. The molecule has 0 amide bonds. The molecule has 1 aliphatic heterocycles. The number of aromatic nitrogens is 4. The Morgan fingerprint density at radius 3 is 2.42 bits per heavy atom. The van der Waals surface area contributed by atoms with Gasteiger partial charge in [0, 0.05) is 42.1 Å². The molecule has 0 aliphatic carbocycles. The van der Waals surface area contributed by atoms with Gasteiger partial charge < -0.3 is 18.9 Å². The van der Waals surface area contributed by atoms with Crippen molar-refractivity contribution < 1.29 is 14.4 Å². The van der Waals surface area contributed by atoms with E-state index in [4.69, 9.17) is 14.2 Å². The van der Waals surface area contributed by atoms with E-state index < -0.39 is 5.60 Å². The lowest BCUT2D eigenvalue weighted by molar-refractivity contribution is 0.0552. The van der Waals surface area contributed by atoms with Crippen LogP contribution in [0.1, 0.15) is 55.4 Å². The summed E-state index contributed by atoms with van der Waals surface area (Å²) < 4.78 is 13.7. The van der Waals surface area contributed by atoms with Crippen molar-refractivity contribution in [2.75, 3.05) is 13.2 Å². The van der Waals surface area contributed by atoms with E-state index in [1.54, 1.807) is 13.8 Å². The number of hydrogen-bond donors (Lipinski definition) is 1. The monoisotopic (exact) mass is 528 g/mol. The van der Waals surface area contributed by atoms with Crippen molar-refractivity contribution in [1.82, 2.24) is 19.7 Å². The first kappa shape index (κ1) is 25.2. The third-order valence-electron chi connectivity index (χ3n) is 7.74. The average molecular weight is 529 g/mol. The van der Waals surface area contributed by atoms with Crippen LogP contribution in [0.2, 0.25) is 0 Å². The van der Waals surface area contributed by atoms with E-state index >= 15 is 0 Å². The third-order valence-corrected chi connectivity index (χ3v) is 8.13. The van der Waals surface area contributed by atoms with Gasteiger partial charge in [-0.25, -0.2) is 0 Å². The van der Waals surface area contributed by atoms with Crippen molar-refractivity contribution in [3.05, 3.63) is 71.5 Å². The standard InChI is InChI=1S/C30H33N4O3P/c1-17-27(18(2)37-33-17)21-13-25-28(32-15-21)23-16-31-26(30(3,4)35)14-24(23)34(25)29(20-9-11-36-12-10-20)19-5-7-22(38)8-6-19/h5-8,13-16,20,29,35H,9-12,38H2,1-4H3. The molecular formula is C30H33N4O3P. The first-order chi connectivity index (χ1) is 18.2. The first-order valence-corrected chi connectivity index (χ1v) is 13.7. The van der Waals surface area contributed by atoms with E-state index in [-0.39, 0.29) is 6.04 Å². The average Bonchev–Trinajstić information content (AvgIpc) is 3.41. The Kier molecular flexibility index (Phi) is 6.34. The van der Waals surface area contributed by atoms with Crippen molar-refractivity contribution in [3.8, 4) is 11.1 Å². The molecule has 4 aromatic heterocycles. The molecule has 2 atom stereocenters. The number of nitrogens with zero attached hydrogens (tertiary/aromatic N) is 4. The topological polar surface area (TPSA) is 86.2 Å². The first-order valence-electron chi connectivity index (χ1n) is 13.1. The molecule has 1 saturated heterocycles. The van der Waals surface area contributed by atoms with Crippen LogP contribution in [0.15, 0.2) is 53.3 Å². The number of aliphatic hydroxyl groups is 1. The molecule has 196 valence electrons. The zero-order chi connectivity index (χ0) is 26.6. The Morgan fingerprint density at radius 1 is 1.03 bits per heavy atom. The molecule has 7 nitrogen and oxygen atoms in total. The van der Waals surface area contributed by atoms with Gasteiger partial charge in [0.25, 0.3) is 0 Å². The van der Waals surface area contributed by atoms with E-state index in [9.17, 15) is 5.11 Å². The maximum Gasteiger partial charge on any atom is 0.141 e. The van der Waals surface area contributed by atoms with Crippen LogP contribution >= 0.6 is 9.24 Å². The summed E-state index contributed by atoms with van der Waals surface area (Å²) in [6.07, 6.45) is 5.69. The van der Waals surface area contributed by atoms with Crippen LogP contribution in [0.25, 0.3) is 33.1 Å². The molecule has 1 fully saturated rings. The summed E-state index contributed by atoms with van der Waals surface area (Å²) in [5.74, 6) is 1.15. The van der Waals surface area contributed by atoms with E-state index in [2.05, 4.69) is 54.3 Å². The molecule has 0 saturated carbocycles. The minimum atomic E-state index is -1.07. The Balaban J connectivity index is 1.69. The quantitative estimate of drug-likeness (QED) is 0.299. The molecule has 1 N–H and O–H groups in total. The number of rotatable bonds is 5. The van der Waals surface area contributed by atoms with Gasteiger partial charge in [0.05, 0.1) is 34.0 Å². The second-order valence-electron chi connectivity index (χ2n) is 10.9.